The molecule has 3 heterocycles. The molecule has 5 aromatic rings. The van der Waals surface area contributed by atoms with Crippen LogP contribution in [0.25, 0.3) is 27.3 Å². The molecule has 6 rings (SSSR count). The van der Waals surface area contributed by atoms with Crippen LogP contribution < -0.4 is 0 Å². The maximum Gasteiger partial charge on any atom is 0.0840 e. The fourth-order valence-corrected chi connectivity index (χ4v) is 5.02. The van der Waals surface area contributed by atoms with Crippen LogP contribution in [0.15, 0.2) is 87.3 Å². The zero-order valence-corrected chi connectivity index (χ0v) is 22.6. The van der Waals surface area contributed by atoms with Crippen molar-refractivity contribution in [1.29, 1.82) is 0 Å². The van der Waals surface area contributed by atoms with Crippen molar-refractivity contribution in [3.05, 3.63) is 95.4 Å². The van der Waals surface area contributed by atoms with Gasteiger partial charge in [0, 0.05) is 27.5 Å². The van der Waals surface area contributed by atoms with Crippen molar-refractivity contribution in [1.82, 2.24) is 15.3 Å². The summed E-state index contributed by atoms with van der Waals surface area (Å²) in [5, 5.41) is 13.2. The molecule has 0 amide bonds. The van der Waals surface area contributed by atoms with E-state index >= 15 is 0 Å². The predicted molar refractivity (Wildman–Crippen MR) is 133 cm³/mol. The van der Waals surface area contributed by atoms with Crippen LogP contribution >= 0.6 is 11.8 Å². The van der Waals surface area contributed by atoms with Gasteiger partial charge in [-0.1, -0.05) is 70.9 Å². The number of pyridine rings is 1. The molecule has 1 aliphatic rings. The number of rotatable bonds is 3. The van der Waals surface area contributed by atoms with E-state index in [0.29, 0.717) is 24.1 Å². The van der Waals surface area contributed by atoms with Gasteiger partial charge in [0.15, 0.2) is 0 Å². The molecule has 0 spiro atoms. The first-order valence-electron chi connectivity index (χ1n) is 11.3. The molecular weight excluding hydrogens is 635 g/mol. The minimum Gasteiger partial charge on any atom is -0.259 e. The van der Waals surface area contributed by atoms with Gasteiger partial charge in [0.2, 0.25) is 0 Å². The quantitative estimate of drug-likeness (QED) is 0.197. The number of piperidine rings is 1. The predicted octanol–water partition coefficient (Wildman–Crippen LogP) is 6.85. The van der Waals surface area contributed by atoms with E-state index < -0.39 is 0 Å². The van der Waals surface area contributed by atoms with Crippen molar-refractivity contribution in [2.75, 3.05) is 13.1 Å². The topological polar surface area (TPSA) is 83.0 Å². The summed E-state index contributed by atoms with van der Waals surface area (Å²) in [6.45, 7) is 4.25. The molecule has 180 valence electrons. The first kappa shape index (κ1) is 25.3. The number of hydrogen-bond donors (Lipinski definition) is 0. The average molecular weight is 659 g/mol. The summed E-state index contributed by atoms with van der Waals surface area (Å²) in [5.41, 5.74) is 5.20. The van der Waals surface area contributed by atoms with Gasteiger partial charge in [0.25, 0.3) is 0 Å². The molecule has 0 radical (unpaired) electrons. The van der Waals surface area contributed by atoms with E-state index in [1.165, 1.54) is 24.0 Å². The number of aryl methyl sites for hydroxylation is 1. The van der Waals surface area contributed by atoms with Crippen molar-refractivity contribution in [2.45, 2.75) is 35.5 Å². The molecule has 0 bridgehead atoms. The number of fused-ring (bicyclic) bond motifs is 2. The molecule has 3 aromatic carbocycles. The zero-order valence-electron chi connectivity index (χ0n) is 19.2. The van der Waals surface area contributed by atoms with Gasteiger partial charge in [0.1, 0.15) is 0 Å². The Labute approximate surface area is 219 Å². The molecule has 0 atom stereocenters. The number of hydrogen-bond acceptors (Lipinski definition) is 6. The molecule has 0 saturated carbocycles. The van der Waals surface area contributed by atoms with E-state index in [1.807, 2.05) is 24.3 Å². The average Bonchev–Trinajstić information content (AvgIpc) is 3.42. The summed E-state index contributed by atoms with van der Waals surface area (Å²) >= 11 is 2.22. The van der Waals surface area contributed by atoms with E-state index in [4.69, 9.17) is 8.17 Å². The number of benzene rings is 3. The van der Waals surface area contributed by atoms with Crippen LogP contribution in [0.2, 0.25) is 0 Å². The maximum absolute atomic E-state index is 8.28. The van der Waals surface area contributed by atoms with Gasteiger partial charge in [-0.15, -0.1) is 30.0 Å². The Balaban J connectivity index is 0.000000167. The van der Waals surface area contributed by atoms with E-state index in [-0.39, 0.29) is 0 Å². The first-order valence-corrected chi connectivity index (χ1v) is 13.1. The summed E-state index contributed by atoms with van der Waals surface area (Å²) in [7, 11) is 0. The van der Waals surface area contributed by atoms with Crippen LogP contribution in [-0.2, 0) is 22.1 Å². The van der Waals surface area contributed by atoms with Gasteiger partial charge < -0.3 is 5.32 Å². The van der Waals surface area contributed by atoms with Gasteiger partial charge in [-0.25, -0.2) is 0 Å². The molecule has 0 unspecified atom stereocenters. The SMILES string of the molecule is Cc1ccc(C2CC[N-]CC2)cc1.[O]=[Os].[c-]1ccc(Sc2cccc3cccnc23)c2nonc12. The third-order valence-electron chi connectivity index (χ3n) is 5.81. The van der Waals surface area contributed by atoms with Crippen LogP contribution in [0.4, 0.5) is 0 Å². The maximum atomic E-state index is 8.28. The van der Waals surface area contributed by atoms with Gasteiger partial charge in [-0.3, -0.25) is 9.61 Å². The van der Waals surface area contributed by atoms with Crippen LogP contribution in [0.5, 0.6) is 0 Å². The minimum atomic E-state index is 0.611. The molecule has 2 aromatic heterocycles. The molecule has 1 aliphatic heterocycles. The molecular formula is C27H24N4O2OsS-2. The van der Waals surface area contributed by atoms with Crippen LogP contribution in [-0.4, -0.2) is 28.4 Å². The van der Waals surface area contributed by atoms with Crippen LogP contribution in [0, 0.1) is 13.0 Å². The Bertz CT molecular complexity index is 1370. The molecule has 0 N–H and O–H groups in total. The van der Waals surface area contributed by atoms with Gasteiger partial charge >= 0.3 is 22.1 Å². The minimum absolute atomic E-state index is 0.611. The largest absolute Gasteiger partial charge is 0.259 e. The van der Waals surface area contributed by atoms with E-state index in [0.717, 1.165) is 45.2 Å². The summed E-state index contributed by atoms with van der Waals surface area (Å²) in [6.07, 6.45) is 4.28. The molecule has 6 nitrogen and oxygen atoms in total. The Kier molecular flexibility index (Phi) is 9.25. The summed E-state index contributed by atoms with van der Waals surface area (Å²) < 4.78 is 13.0. The fourth-order valence-electron chi connectivity index (χ4n) is 4.00. The second-order valence-electron chi connectivity index (χ2n) is 8.09. The molecule has 1 saturated heterocycles. The smallest absolute Gasteiger partial charge is 0.0840 e. The first-order chi connectivity index (χ1) is 17.3. The third kappa shape index (κ3) is 6.46. The van der Waals surface area contributed by atoms with Crippen LogP contribution in [0.1, 0.15) is 29.9 Å². The second-order valence-corrected chi connectivity index (χ2v) is 9.18. The number of aromatic nitrogens is 3. The van der Waals surface area contributed by atoms with Crippen LogP contribution in [0.3, 0.4) is 0 Å². The molecule has 35 heavy (non-hydrogen) atoms. The standard InChI is InChI=1S/C15H8N3OS.C12H16N.O.Os/c1-4-10-5-3-9-16-14(10)12(7-1)20-13-8-2-6-11-15(13)18-19-17-11;1-10-2-4-11(5-3-10)12-6-8-13-9-7-12;;/h1-5,7-9H;2-5,12H,6-9H2,1H3;;/q2*-1;;. The van der Waals surface area contributed by atoms with E-state index in [9.17, 15) is 0 Å². The zero-order chi connectivity index (χ0) is 24.5. The Morgan fingerprint density at radius 2 is 1.69 bits per heavy atom. The Morgan fingerprint density at radius 3 is 2.49 bits per heavy atom. The van der Waals surface area contributed by atoms with E-state index in [1.54, 1.807) is 18.0 Å². The number of nitrogens with zero attached hydrogens (tertiary/aromatic N) is 4. The normalized spacial score (nSPS) is 13.5. The molecule has 0 aliphatic carbocycles. The Morgan fingerprint density at radius 1 is 0.943 bits per heavy atom. The van der Waals surface area contributed by atoms with Crippen molar-refractivity contribution >= 4 is 33.7 Å². The summed E-state index contributed by atoms with van der Waals surface area (Å²) in [6, 6.07) is 25.9. The van der Waals surface area contributed by atoms with Gasteiger partial charge in [0.05, 0.1) is 5.52 Å². The van der Waals surface area contributed by atoms with Crippen molar-refractivity contribution < 1.29 is 26.7 Å². The van der Waals surface area contributed by atoms with Gasteiger partial charge in [-0.05, 0) is 30.5 Å². The number of para-hydroxylation sites is 1. The summed E-state index contributed by atoms with van der Waals surface area (Å²) in [5.74, 6) is 0.762. The molecule has 1 fully saturated rings. The van der Waals surface area contributed by atoms with E-state index in [2.05, 4.69) is 76.1 Å². The Hall–Kier alpha value is -2.78. The van der Waals surface area contributed by atoms with Crippen molar-refractivity contribution in [3.8, 4) is 0 Å². The fraction of sp³-hybridized carbons (Fsp3) is 0.222. The molecule has 8 heteroatoms. The second kappa shape index (κ2) is 12.8. The summed E-state index contributed by atoms with van der Waals surface area (Å²) in [4.78, 5) is 6.52. The third-order valence-corrected chi connectivity index (χ3v) is 6.91. The monoisotopic (exact) mass is 660 g/mol. The van der Waals surface area contributed by atoms with Gasteiger partial charge in [-0.2, -0.15) is 18.2 Å². The van der Waals surface area contributed by atoms with Crippen molar-refractivity contribution in [3.63, 3.8) is 0 Å². The van der Waals surface area contributed by atoms with Crippen molar-refractivity contribution in [2.24, 2.45) is 0 Å².